The normalized spacial score (nSPS) is 14.9. The summed E-state index contributed by atoms with van der Waals surface area (Å²) in [5, 5.41) is 19.0. The number of nitrogens with zero attached hydrogens (tertiary/aromatic N) is 1. The first kappa shape index (κ1) is 12.4. The van der Waals surface area contributed by atoms with Gasteiger partial charge in [-0.15, -0.1) is 0 Å². The third-order valence-electron chi connectivity index (χ3n) is 1.28. The van der Waals surface area contributed by atoms with Crippen molar-refractivity contribution in [2.45, 2.75) is 12.5 Å². The Morgan fingerprint density at radius 3 is 2.36 bits per heavy atom. The van der Waals surface area contributed by atoms with Crippen LogP contribution in [0.2, 0.25) is 0 Å². The molecule has 0 fully saturated rings. The van der Waals surface area contributed by atoms with E-state index in [2.05, 4.69) is 10.3 Å². The van der Waals surface area contributed by atoms with E-state index in [4.69, 9.17) is 15.9 Å². The fraction of sp³-hybridized carbons (Fsp3) is 0.571. The average Bonchev–Trinajstić information content (AvgIpc) is 2.59. The molecule has 0 aromatic carbocycles. The Morgan fingerprint density at radius 1 is 1.57 bits per heavy atom. The fourth-order valence-electron chi connectivity index (χ4n) is 0.598. The smallest absolute Gasteiger partial charge is 0.321 e. The van der Waals surface area contributed by atoms with E-state index in [-0.39, 0.29) is 0 Å². The molecule has 0 aromatic heterocycles. The lowest BCUT2D eigenvalue weighted by molar-refractivity contribution is -0.144. The first-order valence-corrected chi connectivity index (χ1v) is 3.96. The molecule has 0 bridgehead atoms. The van der Waals surface area contributed by atoms with E-state index in [0.717, 1.165) is 13.1 Å². The molecule has 14 heavy (non-hydrogen) atoms. The summed E-state index contributed by atoms with van der Waals surface area (Å²) in [6.07, 6.45) is 1.20. The Morgan fingerprint density at radius 2 is 2.21 bits per heavy atom. The van der Waals surface area contributed by atoms with Crippen LogP contribution in [0.4, 0.5) is 0 Å². The number of aliphatic imine (C=N–C) groups is 1. The summed E-state index contributed by atoms with van der Waals surface area (Å²) in [5.74, 6) is -2.50. The van der Waals surface area contributed by atoms with Gasteiger partial charge in [0.25, 0.3) is 0 Å². The molecular weight excluding hydrogens is 190 g/mol. The van der Waals surface area contributed by atoms with Crippen LogP contribution in [0.3, 0.4) is 0 Å². The van der Waals surface area contributed by atoms with Crippen molar-refractivity contribution in [2.75, 3.05) is 13.1 Å². The van der Waals surface area contributed by atoms with Gasteiger partial charge in [0.1, 0.15) is 6.04 Å². The monoisotopic (exact) mass is 203 g/mol. The predicted octanol–water partition coefficient (Wildman–Crippen LogP) is -1.51. The number of aliphatic carboxylic acids is 2. The first-order chi connectivity index (χ1) is 6.54. The zero-order chi connectivity index (χ0) is 11.0. The highest BCUT2D eigenvalue weighted by molar-refractivity contribution is 5.80. The summed E-state index contributed by atoms with van der Waals surface area (Å²) in [6, 6.07) is -1.29. The second kappa shape index (κ2) is 6.84. The molecule has 1 aliphatic heterocycles. The SMILES string of the molecule is C1=NCCN1.N[C@@H](CC(=O)O)C(=O)O. The van der Waals surface area contributed by atoms with E-state index >= 15 is 0 Å². The third-order valence-corrected chi connectivity index (χ3v) is 1.28. The molecule has 7 heteroatoms. The predicted molar refractivity (Wildman–Crippen MR) is 49.2 cm³/mol. The Labute approximate surface area is 80.6 Å². The summed E-state index contributed by atoms with van der Waals surface area (Å²) in [6.45, 7) is 1.99. The second-order valence-corrected chi connectivity index (χ2v) is 2.53. The molecule has 7 nitrogen and oxygen atoms in total. The maximum Gasteiger partial charge on any atom is 0.321 e. The van der Waals surface area contributed by atoms with Crippen LogP contribution in [0.25, 0.3) is 0 Å². The van der Waals surface area contributed by atoms with Gasteiger partial charge in [-0.25, -0.2) is 0 Å². The molecule has 0 saturated heterocycles. The average molecular weight is 203 g/mol. The van der Waals surface area contributed by atoms with Gasteiger partial charge in [-0.1, -0.05) is 0 Å². The van der Waals surface area contributed by atoms with E-state index < -0.39 is 24.4 Å². The largest absolute Gasteiger partial charge is 0.481 e. The van der Waals surface area contributed by atoms with Gasteiger partial charge in [0.05, 0.1) is 19.3 Å². The molecule has 0 spiro atoms. The fourth-order valence-corrected chi connectivity index (χ4v) is 0.598. The molecular formula is C7H13N3O4. The molecule has 0 saturated carbocycles. The van der Waals surface area contributed by atoms with Crippen molar-refractivity contribution < 1.29 is 19.8 Å². The summed E-state index contributed by atoms with van der Waals surface area (Å²) in [5.41, 5.74) is 4.84. The molecule has 0 aromatic rings. The molecule has 1 heterocycles. The van der Waals surface area contributed by atoms with E-state index in [1.54, 1.807) is 6.34 Å². The number of hydrogen-bond donors (Lipinski definition) is 4. The molecule has 80 valence electrons. The van der Waals surface area contributed by atoms with Crippen LogP contribution in [-0.2, 0) is 9.59 Å². The van der Waals surface area contributed by atoms with Crippen molar-refractivity contribution in [3.8, 4) is 0 Å². The number of carbonyl (C=O) groups is 2. The van der Waals surface area contributed by atoms with Crippen molar-refractivity contribution in [2.24, 2.45) is 10.7 Å². The van der Waals surface area contributed by atoms with Gasteiger partial charge in [0, 0.05) is 6.54 Å². The molecule has 0 unspecified atom stereocenters. The number of carboxylic acids is 2. The van der Waals surface area contributed by atoms with Crippen LogP contribution >= 0.6 is 0 Å². The number of hydrogen-bond acceptors (Lipinski definition) is 5. The maximum atomic E-state index is 9.85. The van der Waals surface area contributed by atoms with E-state index in [1.165, 1.54) is 0 Å². The van der Waals surface area contributed by atoms with Crippen molar-refractivity contribution in [3.05, 3.63) is 0 Å². The summed E-state index contributed by atoms with van der Waals surface area (Å²) in [7, 11) is 0. The standard InChI is InChI=1S/C4H7NO4.C3H6N2/c5-2(4(8)9)1-3(6)7;1-2-5-3-4-1/h2H,1,5H2,(H,6,7)(H,8,9);3H,1-2H2,(H,4,5)/t2-;/m0./s1. The van der Waals surface area contributed by atoms with Gasteiger partial charge >= 0.3 is 11.9 Å². The van der Waals surface area contributed by atoms with Crippen LogP contribution in [0.5, 0.6) is 0 Å². The summed E-state index contributed by atoms with van der Waals surface area (Å²) >= 11 is 0. The van der Waals surface area contributed by atoms with Gasteiger partial charge in [0.2, 0.25) is 0 Å². The number of rotatable bonds is 3. The van der Waals surface area contributed by atoms with E-state index in [0.29, 0.717) is 0 Å². The highest BCUT2D eigenvalue weighted by Crippen LogP contribution is 1.86. The molecule has 5 N–H and O–H groups in total. The second-order valence-electron chi connectivity index (χ2n) is 2.53. The van der Waals surface area contributed by atoms with Crippen LogP contribution in [0.15, 0.2) is 4.99 Å². The van der Waals surface area contributed by atoms with E-state index in [9.17, 15) is 9.59 Å². The van der Waals surface area contributed by atoms with Crippen molar-refractivity contribution >= 4 is 18.3 Å². The quantitative estimate of drug-likeness (QED) is 0.442. The van der Waals surface area contributed by atoms with Gasteiger partial charge in [-0.3, -0.25) is 14.6 Å². The van der Waals surface area contributed by atoms with Crippen LogP contribution < -0.4 is 11.1 Å². The van der Waals surface area contributed by atoms with Gasteiger partial charge in [-0.05, 0) is 0 Å². The molecule has 0 radical (unpaired) electrons. The molecule has 0 amide bonds. The highest BCUT2D eigenvalue weighted by atomic mass is 16.4. The highest BCUT2D eigenvalue weighted by Gasteiger charge is 2.14. The Hall–Kier alpha value is -1.63. The van der Waals surface area contributed by atoms with Crippen molar-refractivity contribution in [1.29, 1.82) is 0 Å². The summed E-state index contributed by atoms with van der Waals surface area (Å²) < 4.78 is 0. The van der Waals surface area contributed by atoms with Gasteiger partial charge in [-0.2, -0.15) is 0 Å². The maximum absolute atomic E-state index is 9.85. The van der Waals surface area contributed by atoms with Crippen LogP contribution in [0, 0.1) is 0 Å². The topological polar surface area (TPSA) is 125 Å². The minimum absolute atomic E-state index is 0.532. The van der Waals surface area contributed by atoms with Gasteiger partial charge in [0.15, 0.2) is 0 Å². The Kier molecular flexibility index (Phi) is 6.04. The van der Waals surface area contributed by atoms with Crippen molar-refractivity contribution in [3.63, 3.8) is 0 Å². The van der Waals surface area contributed by atoms with Crippen LogP contribution in [0.1, 0.15) is 6.42 Å². The molecule has 1 aliphatic rings. The first-order valence-electron chi connectivity index (χ1n) is 3.96. The summed E-state index contributed by atoms with van der Waals surface area (Å²) in [4.78, 5) is 23.5. The lowest BCUT2D eigenvalue weighted by Crippen LogP contribution is -2.32. The number of nitrogens with one attached hydrogen (secondary N) is 1. The van der Waals surface area contributed by atoms with Crippen LogP contribution in [-0.4, -0.2) is 47.6 Å². The molecule has 0 aliphatic carbocycles. The zero-order valence-corrected chi connectivity index (χ0v) is 7.51. The number of carboxylic acid groups (broad SMARTS) is 2. The minimum Gasteiger partial charge on any atom is -0.481 e. The molecule has 1 atom stereocenters. The molecule has 1 rings (SSSR count). The van der Waals surface area contributed by atoms with Crippen molar-refractivity contribution in [1.82, 2.24) is 5.32 Å². The third kappa shape index (κ3) is 7.04. The minimum atomic E-state index is -1.29. The number of nitrogens with two attached hydrogens (primary N) is 1. The zero-order valence-electron chi connectivity index (χ0n) is 7.51. The van der Waals surface area contributed by atoms with E-state index in [1.807, 2.05) is 0 Å². The van der Waals surface area contributed by atoms with Gasteiger partial charge < -0.3 is 21.3 Å². The lowest BCUT2D eigenvalue weighted by atomic mass is 10.2. The Balaban J connectivity index is 0.000000280. The lowest BCUT2D eigenvalue weighted by Gasteiger charge is -1.99. The Bertz CT molecular complexity index is 223.